The Labute approximate surface area is 153 Å². The molecule has 0 bridgehead atoms. The summed E-state index contributed by atoms with van der Waals surface area (Å²) in [7, 11) is 0. The van der Waals surface area contributed by atoms with Crippen molar-refractivity contribution in [3.05, 3.63) is 64.6 Å². The molecule has 0 saturated heterocycles. The van der Waals surface area contributed by atoms with Crippen molar-refractivity contribution in [2.24, 2.45) is 0 Å². The quantitative estimate of drug-likeness (QED) is 0.405. The summed E-state index contributed by atoms with van der Waals surface area (Å²) in [6.45, 7) is 0. The molecule has 26 heavy (non-hydrogen) atoms. The molecule has 0 aliphatic rings. The fourth-order valence-corrected chi connectivity index (χ4v) is 4.06. The lowest BCUT2D eigenvalue weighted by Gasteiger charge is -2.00. The van der Waals surface area contributed by atoms with E-state index in [1.54, 1.807) is 36.5 Å². The first-order chi connectivity index (χ1) is 12.6. The summed E-state index contributed by atoms with van der Waals surface area (Å²) < 4.78 is 15.1. The average molecular weight is 388 g/mol. The van der Waals surface area contributed by atoms with Gasteiger partial charge in [-0.2, -0.15) is 9.38 Å². The van der Waals surface area contributed by atoms with Crippen LogP contribution in [0, 0.1) is 15.9 Å². The molecule has 11 heteroatoms. The van der Waals surface area contributed by atoms with E-state index in [1.165, 1.54) is 27.9 Å². The Balaban J connectivity index is 1.61. The summed E-state index contributed by atoms with van der Waals surface area (Å²) in [4.78, 5) is 15.2. The third kappa shape index (κ3) is 3.21. The van der Waals surface area contributed by atoms with Crippen LogP contribution in [0.1, 0.15) is 0 Å². The maximum atomic E-state index is 13.2. The van der Waals surface area contributed by atoms with Crippen LogP contribution in [0.25, 0.3) is 5.65 Å². The van der Waals surface area contributed by atoms with Gasteiger partial charge in [0.05, 0.1) is 6.20 Å². The number of nitro groups is 1. The number of rotatable bonds is 5. The monoisotopic (exact) mass is 388 g/mol. The predicted octanol–water partition coefficient (Wildman–Crippen LogP) is 4.13. The highest BCUT2D eigenvalue weighted by molar-refractivity contribution is 8.01. The molecule has 0 aliphatic heterocycles. The number of benzene rings is 1. The van der Waals surface area contributed by atoms with Gasteiger partial charge in [0.25, 0.3) is 0 Å². The SMILES string of the molecule is O=[N+]([O-])c1c(Sc2nnc(Nc3cccc(F)c3)s2)nc2ccccn12. The van der Waals surface area contributed by atoms with Crippen molar-refractivity contribution in [3.8, 4) is 0 Å². The number of nitrogens with one attached hydrogen (secondary N) is 1. The standard InChI is InChI=1S/C15H9FN6O2S2/c16-9-4-3-5-10(8-9)17-14-19-20-15(26-14)25-12-13(22(23)24)21-7-2-1-6-11(21)18-12/h1-8H,(H,17,19). The normalized spacial score (nSPS) is 11.0. The smallest absolute Gasteiger partial charge is 0.358 e. The first kappa shape index (κ1) is 16.4. The van der Waals surface area contributed by atoms with Crippen molar-refractivity contribution in [3.63, 3.8) is 0 Å². The minimum Gasteiger partial charge on any atom is -0.358 e. The van der Waals surface area contributed by atoms with Crippen molar-refractivity contribution < 1.29 is 9.31 Å². The lowest BCUT2D eigenvalue weighted by molar-refractivity contribution is -0.393. The maximum absolute atomic E-state index is 13.2. The molecular weight excluding hydrogens is 379 g/mol. The lowest BCUT2D eigenvalue weighted by Crippen LogP contribution is -1.94. The van der Waals surface area contributed by atoms with Gasteiger partial charge in [-0.15, -0.1) is 10.2 Å². The molecule has 4 rings (SSSR count). The Bertz CT molecular complexity index is 1110. The van der Waals surface area contributed by atoms with E-state index < -0.39 is 4.92 Å². The zero-order chi connectivity index (χ0) is 18.1. The van der Waals surface area contributed by atoms with Crippen molar-refractivity contribution in [1.82, 2.24) is 19.6 Å². The highest BCUT2D eigenvalue weighted by Gasteiger charge is 2.24. The van der Waals surface area contributed by atoms with E-state index in [9.17, 15) is 14.5 Å². The highest BCUT2D eigenvalue weighted by atomic mass is 32.2. The van der Waals surface area contributed by atoms with Gasteiger partial charge in [0.2, 0.25) is 15.8 Å². The van der Waals surface area contributed by atoms with Gasteiger partial charge in [0, 0.05) is 11.8 Å². The fraction of sp³-hybridized carbons (Fsp3) is 0. The molecule has 0 saturated carbocycles. The van der Waals surface area contributed by atoms with E-state index in [4.69, 9.17) is 0 Å². The fourth-order valence-electron chi connectivity index (χ4n) is 2.27. The molecule has 0 radical (unpaired) electrons. The van der Waals surface area contributed by atoms with Gasteiger partial charge in [-0.05, 0) is 41.0 Å². The topological polar surface area (TPSA) is 98.2 Å². The second kappa shape index (κ2) is 6.69. The minimum atomic E-state index is -0.477. The zero-order valence-corrected chi connectivity index (χ0v) is 14.5. The molecule has 130 valence electrons. The Morgan fingerprint density at radius 1 is 1.23 bits per heavy atom. The molecule has 3 heterocycles. The highest BCUT2D eigenvalue weighted by Crippen LogP contribution is 2.37. The minimum absolute atomic E-state index is 0.125. The predicted molar refractivity (Wildman–Crippen MR) is 95.6 cm³/mol. The van der Waals surface area contributed by atoms with Crippen LogP contribution in [0.4, 0.5) is 21.0 Å². The summed E-state index contributed by atoms with van der Waals surface area (Å²) >= 11 is 2.25. The molecule has 0 atom stereocenters. The summed E-state index contributed by atoms with van der Waals surface area (Å²) in [5, 5.41) is 23.0. The Morgan fingerprint density at radius 2 is 2.12 bits per heavy atom. The van der Waals surface area contributed by atoms with Gasteiger partial charge in [-0.25, -0.2) is 4.39 Å². The Kier molecular flexibility index (Phi) is 4.22. The number of fused-ring (bicyclic) bond motifs is 1. The third-order valence-corrected chi connectivity index (χ3v) is 5.17. The van der Waals surface area contributed by atoms with Crippen molar-refractivity contribution in [2.45, 2.75) is 9.37 Å². The number of imidazole rings is 1. The van der Waals surface area contributed by atoms with Crippen LogP contribution in [0.15, 0.2) is 58.0 Å². The van der Waals surface area contributed by atoms with Gasteiger partial charge in [-0.3, -0.25) is 0 Å². The van der Waals surface area contributed by atoms with Gasteiger partial charge in [-0.1, -0.05) is 23.5 Å². The summed E-state index contributed by atoms with van der Waals surface area (Å²) in [6, 6.07) is 11.1. The molecular formula is C15H9FN6O2S2. The molecule has 0 aliphatic carbocycles. The van der Waals surface area contributed by atoms with E-state index in [2.05, 4.69) is 20.5 Å². The van der Waals surface area contributed by atoms with Crippen molar-refractivity contribution in [1.29, 1.82) is 0 Å². The molecule has 1 N–H and O–H groups in total. The van der Waals surface area contributed by atoms with Crippen LogP contribution in [0.5, 0.6) is 0 Å². The van der Waals surface area contributed by atoms with Gasteiger partial charge < -0.3 is 15.4 Å². The molecule has 4 aromatic rings. The Hall–Kier alpha value is -3.05. The third-order valence-electron chi connectivity index (χ3n) is 3.31. The average Bonchev–Trinajstić information content (AvgIpc) is 3.18. The van der Waals surface area contributed by atoms with Crippen molar-refractivity contribution >= 4 is 45.4 Å². The van der Waals surface area contributed by atoms with E-state index >= 15 is 0 Å². The van der Waals surface area contributed by atoms with Crippen LogP contribution in [0.3, 0.4) is 0 Å². The molecule has 0 unspecified atom stereocenters. The van der Waals surface area contributed by atoms with Gasteiger partial charge in [0.1, 0.15) is 5.82 Å². The summed E-state index contributed by atoms with van der Waals surface area (Å²) in [5.74, 6) is -0.491. The molecule has 0 fully saturated rings. The lowest BCUT2D eigenvalue weighted by atomic mass is 10.3. The summed E-state index contributed by atoms with van der Waals surface area (Å²) in [5.41, 5.74) is 1.01. The Morgan fingerprint density at radius 3 is 2.92 bits per heavy atom. The van der Waals surface area contributed by atoms with E-state index in [-0.39, 0.29) is 16.7 Å². The largest absolute Gasteiger partial charge is 0.362 e. The molecule has 0 amide bonds. The first-order valence-corrected chi connectivity index (χ1v) is 8.89. The molecule has 8 nitrogen and oxygen atoms in total. The molecule has 3 aromatic heterocycles. The van der Waals surface area contributed by atoms with Crippen molar-refractivity contribution in [2.75, 3.05) is 5.32 Å². The number of hydrogen-bond acceptors (Lipinski definition) is 8. The number of aromatic nitrogens is 4. The first-order valence-electron chi connectivity index (χ1n) is 7.25. The number of pyridine rings is 1. The van der Waals surface area contributed by atoms with E-state index in [0.29, 0.717) is 20.8 Å². The molecule has 1 aromatic carbocycles. The van der Waals surface area contributed by atoms with Crippen LogP contribution < -0.4 is 5.32 Å². The van der Waals surface area contributed by atoms with E-state index in [1.807, 2.05) is 0 Å². The molecule has 0 spiro atoms. The van der Waals surface area contributed by atoms with E-state index in [0.717, 1.165) is 11.8 Å². The number of nitrogens with zero attached hydrogens (tertiary/aromatic N) is 5. The second-order valence-electron chi connectivity index (χ2n) is 5.04. The number of anilines is 2. The van der Waals surface area contributed by atoms with Crippen LogP contribution in [-0.2, 0) is 0 Å². The number of hydrogen-bond donors (Lipinski definition) is 1. The number of halogens is 1. The van der Waals surface area contributed by atoms with Crippen LogP contribution >= 0.6 is 23.1 Å². The summed E-state index contributed by atoms with van der Waals surface area (Å²) in [6.07, 6.45) is 1.58. The zero-order valence-electron chi connectivity index (χ0n) is 12.9. The van der Waals surface area contributed by atoms with Crippen LogP contribution in [0.2, 0.25) is 0 Å². The second-order valence-corrected chi connectivity index (χ2v) is 7.25. The maximum Gasteiger partial charge on any atom is 0.362 e. The van der Waals surface area contributed by atoms with Gasteiger partial charge >= 0.3 is 5.82 Å². The van der Waals surface area contributed by atoms with Gasteiger partial charge in [0.15, 0.2) is 4.34 Å². The van der Waals surface area contributed by atoms with Crippen LogP contribution in [-0.4, -0.2) is 24.5 Å².